The summed E-state index contributed by atoms with van der Waals surface area (Å²) in [4.78, 5) is 14.9. The van der Waals surface area contributed by atoms with E-state index >= 15 is 0 Å². The molecule has 188 valence electrons. The molecule has 0 radical (unpaired) electrons. The molecule has 4 rings (SSSR count). The number of dihydropyridines is 1. The van der Waals surface area contributed by atoms with Crippen LogP contribution in [0.15, 0.2) is 24.2 Å². The van der Waals surface area contributed by atoms with Crippen molar-refractivity contribution in [2.24, 2.45) is 18.9 Å². The Kier molecular flexibility index (Phi) is 7.42. The minimum atomic E-state index is -4.60. The quantitative estimate of drug-likeness (QED) is 0.633. The van der Waals surface area contributed by atoms with Gasteiger partial charge < -0.3 is 19.5 Å². The van der Waals surface area contributed by atoms with E-state index in [1.165, 1.54) is 12.5 Å². The number of piperidine rings is 1. The van der Waals surface area contributed by atoms with Crippen molar-refractivity contribution in [2.75, 3.05) is 26.2 Å². The van der Waals surface area contributed by atoms with E-state index in [1.54, 1.807) is 11.6 Å². The molecule has 1 unspecified atom stereocenters. The average Bonchev–Trinajstić information content (AvgIpc) is 3.19. The fraction of sp³-hybridized carbons (Fsp3) is 0.583. The van der Waals surface area contributed by atoms with Crippen LogP contribution < -0.4 is 5.32 Å². The first-order valence-corrected chi connectivity index (χ1v) is 11.8. The summed E-state index contributed by atoms with van der Waals surface area (Å²) in [6.45, 7) is 7.77. The number of aromatic nitrogens is 4. The Morgan fingerprint density at radius 3 is 2.66 bits per heavy atom. The summed E-state index contributed by atoms with van der Waals surface area (Å²) in [6, 6.07) is 1.86. The molecule has 0 saturated carbocycles. The summed E-state index contributed by atoms with van der Waals surface area (Å²) in [7, 11) is 1.69. The zero-order chi connectivity index (χ0) is 25.2. The number of fused-ring (bicyclic) bond motifs is 1. The maximum absolute atomic E-state index is 13.9. The highest BCUT2D eigenvalue weighted by atomic mass is 19.4. The standard InChI is InChI=1S/C24H30F3N7O/c1-15(2)13-34-7-4-16(5-8-34)6-9-35-23-18(24(25,26)27)10-17(12-29-23)20-21-22(33(3)14-30-21)32-19(11-28)31-20/h10,12,14-16,23,29H,4-9,13H2,1-3H3. The van der Waals surface area contributed by atoms with Crippen molar-refractivity contribution in [3.8, 4) is 6.07 Å². The third-order valence-electron chi connectivity index (χ3n) is 6.39. The van der Waals surface area contributed by atoms with Crippen LogP contribution in [0, 0.1) is 23.2 Å². The van der Waals surface area contributed by atoms with Crippen molar-refractivity contribution in [1.29, 1.82) is 5.26 Å². The summed E-state index contributed by atoms with van der Waals surface area (Å²) in [6.07, 6.45) is 0.815. The number of aryl methyl sites for hydroxylation is 1. The normalized spacial score (nSPS) is 20.0. The van der Waals surface area contributed by atoms with E-state index in [4.69, 9.17) is 4.74 Å². The highest BCUT2D eigenvalue weighted by Crippen LogP contribution is 2.35. The first kappa shape index (κ1) is 25.1. The maximum Gasteiger partial charge on any atom is 0.417 e. The number of nitrogens with one attached hydrogen (secondary N) is 1. The van der Waals surface area contributed by atoms with E-state index in [1.807, 2.05) is 6.07 Å². The molecule has 0 spiro atoms. The van der Waals surface area contributed by atoms with Gasteiger partial charge in [0, 0.05) is 32.0 Å². The van der Waals surface area contributed by atoms with Crippen molar-refractivity contribution in [2.45, 2.75) is 45.5 Å². The van der Waals surface area contributed by atoms with Crippen molar-refractivity contribution < 1.29 is 17.9 Å². The Balaban J connectivity index is 1.45. The summed E-state index contributed by atoms with van der Waals surface area (Å²) in [5, 5.41) is 12.0. The third kappa shape index (κ3) is 5.82. The van der Waals surface area contributed by atoms with Crippen molar-refractivity contribution in [3.05, 3.63) is 35.7 Å². The largest absolute Gasteiger partial charge is 0.417 e. The van der Waals surface area contributed by atoms with Gasteiger partial charge in [-0.15, -0.1) is 0 Å². The van der Waals surface area contributed by atoms with Crippen LogP contribution in [0.4, 0.5) is 13.2 Å². The molecule has 2 aliphatic rings. The van der Waals surface area contributed by atoms with Gasteiger partial charge in [0.1, 0.15) is 17.3 Å². The molecule has 4 heterocycles. The van der Waals surface area contributed by atoms with E-state index in [2.05, 4.69) is 39.0 Å². The molecule has 2 aliphatic heterocycles. The molecular formula is C24H30F3N7O. The van der Waals surface area contributed by atoms with E-state index in [0.717, 1.165) is 45.0 Å². The first-order chi connectivity index (χ1) is 16.7. The van der Waals surface area contributed by atoms with Crippen LogP contribution in [0.3, 0.4) is 0 Å². The number of hydrogen-bond donors (Lipinski definition) is 1. The number of alkyl halides is 3. The summed E-state index contributed by atoms with van der Waals surface area (Å²) in [5.41, 5.74) is 0.168. The van der Waals surface area contributed by atoms with Gasteiger partial charge in [-0.2, -0.15) is 23.4 Å². The Bertz CT molecular complexity index is 1150. The van der Waals surface area contributed by atoms with Gasteiger partial charge in [-0.05, 0) is 50.3 Å². The number of rotatable bonds is 7. The number of hydrogen-bond acceptors (Lipinski definition) is 7. The molecule has 1 atom stereocenters. The Morgan fingerprint density at radius 2 is 2.00 bits per heavy atom. The molecule has 11 heteroatoms. The Hall–Kier alpha value is -2.97. The van der Waals surface area contributed by atoms with Gasteiger partial charge in [-0.3, -0.25) is 0 Å². The molecule has 2 aromatic heterocycles. The zero-order valence-corrected chi connectivity index (χ0v) is 20.1. The number of nitriles is 1. The topological polar surface area (TPSA) is 91.9 Å². The van der Waals surface area contributed by atoms with Gasteiger partial charge in [-0.1, -0.05) is 13.8 Å². The minimum absolute atomic E-state index is 0.142. The smallest absolute Gasteiger partial charge is 0.362 e. The monoisotopic (exact) mass is 489 g/mol. The highest BCUT2D eigenvalue weighted by Gasteiger charge is 2.41. The van der Waals surface area contributed by atoms with Crippen LogP contribution >= 0.6 is 0 Å². The van der Waals surface area contributed by atoms with Crippen LogP contribution in [0.2, 0.25) is 0 Å². The second-order valence-corrected chi connectivity index (χ2v) is 9.58. The number of imidazole rings is 1. The predicted octanol–water partition coefficient (Wildman–Crippen LogP) is 3.77. The van der Waals surface area contributed by atoms with Gasteiger partial charge in [0.25, 0.3) is 0 Å². The zero-order valence-electron chi connectivity index (χ0n) is 20.1. The second-order valence-electron chi connectivity index (χ2n) is 9.58. The van der Waals surface area contributed by atoms with Gasteiger partial charge >= 0.3 is 6.18 Å². The van der Waals surface area contributed by atoms with Crippen molar-refractivity contribution in [3.63, 3.8) is 0 Å². The van der Waals surface area contributed by atoms with E-state index in [0.29, 0.717) is 23.0 Å². The molecule has 0 bridgehead atoms. The van der Waals surface area contributed by atoms with Crippen LogP contribution in [-0.4, -0.2) is 63.1 Å². The molecule has 1 fully saturated rings. The fourth-order valence-corrected chi connectivity index (χ4v) is 4.63. The highest BCUT2D eigenvalue weighted by molar-refractivity contribution is 5.89. The lowest BCUT2D eigenvalue weighted by Crippen LogP contribution is -2.39. The summed E-state index contributed by atoms with van der Waals surface area (Å²) < 4.78 is 49.1. The van der Waals surface area contributed by atoms with Gasteiger partial charge in [0.05, 0.1) is 11.9 Å². The number of likely N-dealkylation sites (tertiary alicyclic amines) is 1. The molecule has 1 N–H and O–H groups in total. The van der Waals surface area contributed by atoms with E-state index < -0.39 is 18.0 Å². The van der Waals surface area contributed by atoms with Crippen LogP contribution in [0.1, 0.15) is 44.6 Å². The minimum Gasteiger partial charge on any atom is -0.362 e. The molecule has 1 saturated heterocycles. The van der Waals surface area contributed by atoms with Crippen LogP contribution in [0.25, 0.3) is 16.7 Å². The fourth-order valence-electron chi connectivity index (χ4n) is 4.63. The first-order valence-electron chi connectivity index (χ1n) is 11.8. The maximum atomic E-state index is 13.9. The van der Waals surface area contributed by atoms with Crippen LogP contribution in [0.5, 0.6) is 0 Å². The average molecular weight is 490 g/mol. The lowest BCUT2D eigenvalue weighted by Gasteiger charge is -2.33. The number of ether oxygens (including phenoxy) is 1. The number of halogens is 3. The number of nitrogens with zero attached hydrogens (tertiary/aromatic N) is 6. The SMILES string of the molecule is CC(C)CN1CCC(CCOC2NC=C(c3nc(C#N)nc4c3ncn4C)C=C2C(F)(F)F)CC1. The van der Waals surface area contributed by atoms with Crippen molar-refractivity contribution >= 4 is 16.7 Å². The number of allylic oxidation sites excluding steroid dienone is 2. The second kappa shape index (κ2) is 10.3. The predicted molar refractivity (Wildman–Crippen MR) is 125 cm³/mol. The van der Waals surface area contributed by atoms with E-state index in [-0.39, 0.29) is 23.7 Å². The Morgan fingerprint density at radius 1 is 1.26 bits per heavy atom. The molecule has 2 aromatic rings. The van der Waals surface area contributed by atoms with Crippen LogP contribution in [-0.2, 0) is 11.8 Å². The molecule has 35 heavy (non-hydrogen) atoms. The summed E-state index contributed by atoms with van der Waals surface area (Å²) in [5.74, 6) is 0.937. The lowest BCUT2D eigenvalue weighted by atomic mass is 9.93. The molecule has 0 aliphatic carbocycles. The van der Waals surface area contributed by atoms with Crippen molar-refractivity contribution in [1.82, 2.24) is 29.7 Å². The van der Waals surface area contributed by atoms with Gasteiger partial charge in [0.2, 0.25) is 5.82 Å². The summed E-state index contributed by atoms with van der Waals surface area (Å²) >= 11 is 0. The molecule has 8 nitrogen and oxygen atoms in total. The lowest BCUT2D eigenvalue weighted by molar-refractivity contribution is -0.114. The van der Waals surface area contributed by atoms with Gasteiger partial charge in [0.15, 0.2) is 11.9 Å². The Labute approximate surface area is 202 Å². The van der Waals surface area contributed by atoms with Gasteiger partial charge in [-0.25, -0.2) is 9.97 Å². The van der Waals surface area contributed by atoms with E-state index in [9.17, 15) is 18.4 Å². The molecular weight excluding hydrogens is 459 g/mol. The molecule has 0 aromatic carbocycles. The molecule has 0 amide bonds. The third-order valence-corrected chi connectivity index (χ3v) is 6.39.